The highest BCUT2D eigenvalue weighted by Crippen LogP contribution is 2.10. The summed E-state index contributed by atoms with van der Waals surface area (Å²) < 4.78 is 10.1. The van der Waals surface area contributed by atoms with Gasteiger partial charge in [-0.05, 0) is 41.0 Å². The first-order chi connectivity index (χ1) is 8.65. The Morgan fingerprint density at radius 3 is 2.26 bits per heavy atom. The topological polar surface area (TPSA) is 81.7 Å². The molecule has 0 aromatic carbocycles. The summed E-state index contributed by atoms with van der Waals surface area (Å²) in [6.45, 7) is 8.71. The van der Waals surface area contributed by atoms with Gasteiger partial charge in [0.25, 0.3) is 0 Å². The van der Waals surface area contributed by atoms with E-state index in [2.05, 4.69) is 5.32 Å². The van der Waals surface area contributed by atoms with E-state index in [1.54, 1.807) is 34.6 Å². The first kappa shape index (κ1) is 17.4. The van der Waals surface area contributed by atoms with Gasteiger partial charge in [-0.2, -0.15) is 0 Å². The predicted octanol–water partition coefficient (Wildman–Crippen LogP) is 1.17. The first-order valence-corrected chi connectivity index (χ1v) is 6.27. The Morgan fingerprint density at radius 2 is 1.84 bits per heavy atom. The molecule has 0 fully saturated rings. The van der Waals surface area contributed by atoms with Crippen LogP contribution < -0.4 is 5.32 Å². The maximum Gasteiger partial charge on any atom is 0.328 e. The number of ether oxygens (including phenoxy) is 2. The van der Waals surface area contributed by atoms with Crippen LogP contribution in [0.3, 0.4) is 0 Å². The standard InChI is InChI=1S/C13H23NO5/c1-9(2)18-12(17)10(14-8-15)6-7-11(16)19-13(3,4)5/h8-10H,6-7H2,1-5H3,(H,14,15). The zero-order chi connectivity index (χ0) is 15.1. The van der Waals surface area contributed by atoms with Crippen LogP contribution in [-0.2, 0) is 23.9 Å². The van der Waals surface area contributed by atoms with Crippen LogP contribution in [0, 0.1) is 0 Å². The molecule has 0 spiro atoms. The summed E-state index contributed by atoms with van der Waals surface area (Å²) in [6, 6.07) is -0.826. The molecule has 0 rings (SSSR count). The Hall–Kier alpha value is -1.59. The quantitative estimate of drug-likeness (QED) is 0.556. The predicted molar refractivity (Wildman–Crippen MR) is 69.3 cm³/mol. The summed E-state index contributed by atoms with van der Waals surface area (Å²) in [5.74, 6) is -0.965. The van der Waals surface area contributed by atoms with Crippen LogP contribution in [0.1, 0.15) is 47.5 Å². The van der Waals surface area contributed by atoms with Crippen LogP contribution in [0.2, 0.25) is 0 Å². The molecule has 1 amide bonds. The van der Waals surface area contributed by atoms with Crippen LogP contribution in [0.25, 0.3) is 0 Å². The fraction of sp³-hybridized carbons (Fsp3) is 0.769. The Bertz CT molecular complexity index is 319. The zero-order valence-electron chi connectivity index (χ0n) is 12.2. The maximum atomic E-state index is 11.6. The molecule has 110 valence electrons. The number of hydrogen-bond acceptors (Lipinski definition) is 5. The molecular weight excluding hydrogens is 250 g/mol. The molecule has 1 unspecified atom stereocenters. The number of esters is 2. The van der Waals surface area contributed by atoms with Crippen LogP contribution in [-0.4, -0.2) is 36.1 Å². The molecule has 0 saturated heterocycles. The van der Waals surface area contributed by atoms with Gasteiger partial charge in [0.1, 0.15) is 11.6 Å². The van der Waals surface area contributed by atoms with E-state index in [-0.39, 0.29) is 18.9 Å². The normalized spacial score (nSPS) is 12.7. The van der Waals surface area contributed by atoms with Crippen LogP contribution >= 0.6 is 0 Å². The van der Waals surface area contributed by atoms with Gasteiger partial charge in [0.15, 0.2) is 0 Å². The van der Waals surface area contributed by atoms with Crippen molar-refractivity contribution in [3.05, 3.63) is 0 Å². The molecule has 0 aliphatic carbocycles. The van der Waals surface area contributed by atoms with Crippen molar-refractivity contribution in [3.63, 3.8) is 0 Å². The zero-order valence-corrected chi connectivity index (χ0v) is 12.2. The van der Waals surface area contributed by atoms with E-state index in [4.69, 9.17) is 9.47 Å². The van der Waals surface area contributed by atoms with E-state index in [1.807, 2.05) is 0 Å². The van der Waals surface area contributed by atoms with Crippen molar-refractivity contribution in [2.24, 2.45) is 0 Å². The van der Waals surface area contributed by atoms with Crippen molar-refractivity contribution in [3.8, 4) is 0 Å². The summed E-state index contributed by atoms with van der Waals surface area (Å²) >= 11 is 0. The summed E-state index contributed by atoms with van der Waals surface area (Å²) in [5, 5.41) is 2.34. The van der Waals surface area contributed by atoms with E-state index in [0.717, 1.165) is 0 Å². The second kappa shape index (κ2) is 7.76. The van der Waals surface area contributed by atoms with Crippen molar-refractivity contribution in [2.75, 3.05) is 0 Å². The lowest BCUT2D eigenvalue weighted by molar-refractivity contribution is -0.156. The van der Waals surface area contributed by atoms with E-state index in [9.17, 15) is 14.4 Å². The number of rotatable bonds is 7. The minimum atomic E-state index is -0.826. The minimum Gasteiger partial charge on any atom is -0.461 e. The summed E-state index contributed by atoms with van der Waals surface area (Å²) in [7, 11) is 0. The lowest BCUT2D eigenvalue weighted by Crippen LogP contribution is -2.39. The average molecular weight is 273 g/mol. The SMILES string of the molecule is CC(C)OC(=O)C(CCC(=O)OC(C)(C)C)NC=O. The number of nitrogens with one attached hydrogen (secondary N) is 1. The van der Waals surface area contributed by atoms with Gasteiger partial charge in [-0.3, -0.25) is 9.59 Å². The molecule has 0 saturated carbocycles. The molecule has 6 nitrogen and oxygen atoms in total. The monoisotopic (exact) mass is 273 g/mol. The third kappa shape index (κ3) is 9.04. The van der Waals surface area contributed by atoms with E-state index >= 15 is 0 Å². The molecule has 0 aromatic rings. The molecule has 19 heavy (non-hydrogen) atoms. The highest BCUT2D eigenvalue weighted by Gasteiger charge is 2.23. The van der Waals surface area contributed by atoms with E-state index in [1.165, 1.54) is 0 Å². The first-order valence-electron chi connectivity index (χ1n) is 6.27. The largest absolute Gasteiger partial charge is 0.461 e. The van der Waals surface area contributed by atoms with Crippen molar-refractivity contribution in [1.29, 1.82) is 0 Å². The Labute approximate surface area is 113 Å². The van der Waals surface area contributed by atoms with Crippen LogP contribution in [0.4, 0.5) is 0 Å². The summed E-state index contributed by atoms with van der Waals surface area (Å²) in [6.07, 6.45) is 0.334. The van der Waals surface area contributed by atoms with Crippen LogP contribution in [0.5, 0.6) is 0 Å². The molecule has 0 heterocycles. The maximum absolute atomic E-state index is 11.6. The average Bonchev–Trinajstić information content (AvgIpc) is 2.20. The molecular formula is C13H23NO5. The van der Waals surface area contributed by atoms with Gasteiger partial charge in [-0.15, -0.1) is 0 Å². The Morgan fingerprint density at radius 1 is 1.26 bits per heavy atom. The Kier molecular flexibility index (Phi) is 7.11. The molecule has 1 atom stereocenters. The number of amides is 1. The smallest absolute Gasteiger partial charge is 0.328 e. The molecule has 0 aliphatic rings. The number of hydrogen-bond donors (Lipinski definition) is 1. The molecule has 0 aromatic heterocycles. The minimum absolute atomic E-state index is 0.0377. The van der Waals surface area contributed by atoms with Gasteiger partial charge in [-0.1, -0.05) is 0 Å². The number of carbonyl (C=O) groups is 3. The fourth-order valence-electron chi connectivity index (χ4n) is 1.32. The van der Waals surface area contributed by atoms with Gasteiger partial charge in [-0.25, -0.2) is 4.79 Å². The summed E-state index contributed by atoms with van der Waals surface area (Å²) in [4.78, 5) is 33.6. The number of carbonyl (C=O) groups excluding carboxylic acids is 3. The molecule has 0 bridgehead atoms. The van der Waals surface area contributed by atoms with Crippen molar-refractivity contribution in [1.82, 2.24) is 5.32 Å². The van der Waals surface area contributed by atoms with E-state index in [0.29, 0.717) is 6.41 Å². The van der Waals surface area contributed by atoms with Gasteiger partial charge < -0.3 is 14.8 Å². The van der Waals surface area contributed by atoms with Crippen molar-refractivity contribution in [2.45, 2.75) is 65.2 Å². The van der Waals surface area contributed by atoms with Crippen molar-refractivity contribution >= 4 is 18.3 Å². The van der Waals surface area contributed by atoms with Gasteiger partial charge in [0.05, 0.1) is 6.10 Å². The summed E-state index contributed by atoms with van der Waals surface area (Å²) in [5.41, 5.74) is -0.566. The third-order valence-corrected chi connectivity index (χ3v) is 1.96. The van der Waals surface area contributed by atoms with Crippen LogP contribution in [0.15, 0.2) is 0 Å². The van der Waals surface area contributed by atoms with Crippen molar-refractivity contribution < 1.29 is 23.9 Å². The van der Waals surface area contributed by atoms with Gasteiger partial charge in [0.2, 0.25) is 6.41 Å². The Balaban J connectivity index is 4.32. The van der Waals surface area contributed by atoms with Gasteiger partial charge in [0, 0.05) is 6.42 Å². The lowest BCUT2D eigenvalue weighted by atomic mass is 10.1. The van der Waals surface area contributed by atoms with E-state index < -0.39 is 23.6 Å². The second-order valence-corrected chi connectivity index (χ2v) is 5.45. The molecule has 1 N–H and O–H groups in total. The lowest BCUT2D eigenvalue weighted by Gasteiger charge is -2.21. The molecule has 6 heteroatoms. The van der Waals surface area contributed by atoms with Gasteiger partial charge >= 0.3 is 11.9 Å². The third-order valence-electron chi connectivity index (χ3n) is 1.96. The highest BCUT2D eigenvalue weighted by molar-refractivity contribution is 5.79. The second-order valence-electron chi connectivity index (χ2n) is 5.45. The highest BCUT2D eigenvalue weighted by atomic mass is 16.6. The molecule has 0 radical (unpaired) electrons. The fourth-order valence-corrected chi connectivity index (χ4v) is 1.32. The molecule has 0 aliphatic heterocycles.